The van der Waals surface area contributed by atoms with E-state index in [-0.39, 0.29) is 11.8 Å². The Morgan fingerprint density at radius 3 is 3.00 bits per heavy atom. The second-order valence-corrected chi connectivity index (χ2v) is 7.38. The third-order valence-corrected chi connectivity index (χ3v) is 5.31. The zero-order valence-electron chi connectivity index (χ0n) is 17.0. The highest BCUT2D eigenvalue weighted by atomic mass is 19.1. The predicted molar refractivity (Wildman–Crippen MR) is 112 cm³/mol. The molecule has 11 heteroatoms. The number of hydrogen-bond acceptors (Lipinski definition) is 8. The Hall–Kier alpha value is -3.44. The second-order valence-electron chi connectivity index (χ2n) is 7.38. The molecule has 0 saturated carbocycles. The van der Waals surface area contributed by atoms with Crippen LogP contribution in [-0.4, -0.2) is 57.9 Å². The standard InChI is InChI=1S/C20H24FN7O3/c1-30-16-8-13(2-3-14(16)21)26-19-18-12(4-7-28(18)25-11-24-19)9-27-6-5-15(22)17(10-27)31-20(23)29/h2-4,7-8,11,15,17H,5-6,9-10,22H2,1H3,(H2,23,29)(H,24,25,26)/t15-,17-/m1/s1. The van der Waals surface area contributed by atoms with Crippen LogP contribution in [0.2, 0.25) is 0 Å². The van der Waals surface area contributed by atoms with Crippen molar-refractivity contribution in [3.05, 3.63) is 48.2 Å². The fourth-order valence-corrected chi connectivity index (χ4v) is 3.77. The fraction of sp³-hybridized carbons (Fsp3) is 0.350. The smallest absolute Gasteiger partial charge is 0.404 e. The van der Waals surface area contributed by atoms with E-state index in [2.05, 4.69) is 20.3 Å². The van der Waals surface area contributed by atoms with E-state index in [0.29, 0.717) is 31.0 Å². The zero-order chi connectivity index (χ0) is 22.0. The first kappa shape index (κ1) is 20.8. The van der Waals surface area contributed by atoms with E-state index in [1.54, 1.807) is 16.6 Å². The van der Waals surface area contributed by atoms with Gasteiger partial charge in [0.05, 0.1) is 7.11 Å². The number of hydrogen-bond donors (Lipinski definition) is 3. The largest absolute Gasteiger partial charge is 0.494 e. The van der Waals surface area contributed by atoms with Crippen molar-refractivity contribution in [1.29, 1.82) is 0 Å². The molecule has 2 aromatic heterocycles. The number of nitrogens with two attached hydrogens (primary N) is 2. The Balaban J connectivity index is 1.58. The van der Waals surface area contributed by atoms with E-state index in [1.165, 1.54) is 19.5 Å². The van der Waals surface area contributed by atoms with Crippen molar-refractivity contribution in [2.75, 3.05) is 25.5 Å². The molecule has 3 aromatic rings. The zero-order valence-corrected chi connectivity index (χ0v) is 17.0. The average Bonchev–Trinajstić information content (AvgIpc) is 3.15. The van der Waals surface area contributed by atoms with Crippen LogP contribution in [0, 0.1) is 5.82 Å². The number of methoxy groups -OCH3 is 1. The van der Waals surface area contributed by atoms with Gasteiger partial charge in [0.15, 0.2) is 17.4 Å². The molecular formula is C20H24FN7O3. The number of fused-ring (bicyclic) bond motifs is 1. The first-order valence-corrected chi connectivity index (χ1v) is 9.80. The maximum atomic E-state index is 13.7. The Morgan fingerprint density at radius 2 is 2.23 bits per heavy atom. The molecule has 10 nitrogen and oxygen atoms in total. The first-order valence-electron chi connectivity index (χ1n) is 9.80. The van der Waals surface area contributed by atoms with E-state index in [9.17, 15) is 9.18 Å². The number of benzene rings is 1. The van der Waals surface area contributed by atoms with E-state index in [4.69, 9.17) is 20.9 Å². The number of likely N-dealkylation sites (tertiary alicyclic amines) is 1. The van der Waals surface area contributed by atoms with E-state index >= 15 is 0 Å². The Morgan fingerprint density at radius 1 is 1.39 bits per heavy atom. The number of halogens is 1. The molecular weight excluding hydrogens is 405 g/mol. The number of primary amides is 1. The van der Waals surface area contributed by atoms with Gasteiger partial charge in [0.1, 0.15) is 17.9 Å². The minimum atomic E-state index is -0.828. The van der Waals surface area contributed by atoms with Crippen molar-refractivity contribution < 1.29 is 18.7 Å². The van der Waals surface area contributed by atoms with Gasteiger partial charge in [-0.3, -0.25) is 4.90 Å². The maximum absolute atomic E-state index is 13.7. The van der Waals surface area contributed by atoms with Gasteiger partial charge >= 0.3 is 6.09 Å². The van der Waals surface area contributed by atoms with Crippen LogP contribution >= 0.6 is 0 Å². The summed E-state index contributed by atoms with van der Waals surface area (Å²) in [5.74, 6) is 0.262. The Kier molecular flexibility index (Phi) is 5.87. The monoisotopic (exact) mass is 429 g/mol. The number of ether oxygens (including phenoxy) is 2. The number of piperidine rings is 1. The Labute approximate surface area is 177 Å². The van der Waals surface area contributed by atoms with E-state index in [1.807, 2.05) is 12.3 Å². The molecule has 1 aliphatic rings. The lowest BCUT2D eigenvalue weighted by Crippen LogP contribution is -2.52. The molecule has 1 saturated heterocycles. The molecule has 164 valence electrons. The van der Waals surface area contributed by atoms with Crippen LogP contribution in [0.15, 0.2) is 36.8 Å². The molecule has 1 amide bonds. The number of anilines is 2. The highest BCUT2D eigenvalue weighted by molar-refractivity contribution is 5.76. The molecule has 4 rings (SSSR count). The van der Waals surface area contributed by atoms with Crippen molar-refractivity contribution >= 4 is 23.1 Å². The lowest BCUT2D eigenvalue weighted by Gasteiger charge is -2.35. The summed E-state index contributed by atoms with van der Waals surface area (Å²) in [6.07, 6.45) is 2.68. The third kappa shape index (κ3) is 4.52. The number of carbonyl (C=O) groups is 1. The fourth-order valence-electron chi connectivity index (χ4n) is 3.77. The summed E-state index contributed by atoms with van der Waals surface area (Å²) in [7, 11) is 1.41. The summed E-state index contributed by atoms with van der Waals surface area (Å²) in [6, 6.07) is 6.21. The van der Waals surface area contributed by atoms with Gasteiger partial charge in [-0.2, -0.15) is 5.10 Å². The summed E-state index contributed by atoms with van der Waals surface area (Å²) in [6.45, 7) is 1.81. The van der Waals surface area contributed by atoms with Crippen molar-refractivity contribution in [2.45, 2.75) is 25.1 Å². The molecule has 5 N–H and O–H groups in total. The first-order chi connectivity index (χ1) is 14.9. The van der Waals surface area contributed by atoms with Crippen LogP contribution in [0.1, 0.15) is 12.0 Å². The van der Waals surface area contributed by atoms with Gasteiger partial charge in [-0.15, -0.1) is 0 Å². The molecule has 0 aliphatic carbocycles. The summed E-state index contributed by atoms with van der Waals surface area (Å²) in [5.41, 5.74) is 13.6. The molecule has 1 aliphatic heterocycles. The van der Waals surface area contributed by atoms with E-state index < -0.39 is 18.0 Å². The third-order valence-electron chi connectivity index (χ3n) is 5.31. The van der Waals surface area contributed by atoms with Crippen LogP contribution in [0.4, 0.5) is 20.7 Å². The predicted octanol–water partition coefficient (Wildman–Crippen LogP) is 1.62. The molecule has 1 fully saturated rings. The number of nitrogens with one attached hydrogen (secondary N) is 1. The van der Waals surface area contributed by atoms with Gasteiger partial charge in [-0.1, -0.05) is 0 Å². The van der Waals surface area contributed by atoms with Crippen molar-refractivity contribution in [1.82, 2.24) is 19.5 Å². The molecule has 2 atom stereocenters. The van der Waals surface area contributed by atoms with Gasteiger partial charge in [0.25, 0.3) is 0 Å². The molecule has 0 spiro atoms. The summed E-state index contributed by atoms with van der Waals surface area (Å²) < 4.78 is 25.7. The van der Waals surface area contributed by atoms with Gasteiger partial charge in [-0.25, -0.2) is 18.7 Å². The van der Waals surface area contributed by atoms with Crippen LogP contribution in [-0.2, 0) is 11.3 Å². The lowest BCUT2D eigenvalue weighted by molar-refractivity contribution is 0.0313. The number of carbonyl (C=O) groups excluding carboxylic acids is 1. The number of rotatable bonds is 6. The van der Waals surface area contributed by atoms with E-state index in [0.717, 1.165) is 17.6 Å². The SMILES string of the molecule is COc1cc(Nc2ncnn3ccc(CN4CC[C@@H](N)[C@H](OC(N)=O)C4)c23)ccc1F. The number of amides is 1. The molecule has 0 bridgehead atoms. The maximum Gasteiger partial charge on any atom is 0.404 e. The highest BCUT2D eigenvalue weighted by Crippen LogP contribution is 2.28. The Bertz CT molecular complexity index is 1090. The molecule has 0 radical (unpaired) electrons. The van der Waals surface area contributed by atoms with Gasteiger partial charge < -0.3 is 26.3 Å². The normalized spacial score (nSPS) is 19.3. The van der Waals surface area contributed by atoms with Crippen LogP contribution in [0.3, 0.4) is 0 Å². The van der Waals surface area contributed by atoms with Gasteiger partial charge in [-0.05, 0) is 30.2 Å². The topological polar surface area (TPSA) is 133 Å². The number of nitrogens with zero attached hydrogens (tertiary/aromatic N) is 4. The van der Waals surface area contributed by atoms with Crippen LogP contribution < -0.4 is 21.5 Å². The molecule has 0 unspecified atom stereocenters. The summed E-state index contributed by atoms with van der Waals surface area (Å²) in [4.78, 5) is 17.7. The molecule has 1 aromatic carbocycles. The van der Waals surface area contributed by atoms with Gasteiger partial charge in [0, 0.05) is 43.6 Å². The number of aromatic nitrogens is 3. The molecule has 3 heterocycles. The van der Waals surface area contributed by atoms with Crippen molar-refractivity contribution in [3.63, 3.8) is 0 Å². The minimum absolute atomic E-state index is 0.135. The minimum Gasteiger partial charge on any atom is -0.494 e. The molecule has 31 heavy (non-hydrogen) atoms. The van der Waals surface area contributed by atoms with Gasteiger partial charge in [0.2, 0.25) is 0 Å². The van der Waals surface area contributed by atoms with Crippen molar-refractivity contribution in [2.24, 2.45) is 11.5 Å². The highest BCUT2D eigenvalue weighted by Gasteiger charge is 2.29. The average molecular weight is 429 g/mol. The summed E-state index contributed by atoms with van der Waals surface area (Å²) in [5, 5.41) is 7.48. The van der Waals surface area contributed by atoms with Crippen LogP contribution in [0.25, 0.3) is 5.52 Å². The summed E-state index contributed by atoms with van der Waals surface area (Å²) >= 11 is 0. The van der Waals surface area contributed by atoms with Crippen molar-refractivity contribution in [3.8, 4) is 5.75 Å². The van der Waals surface area contributed by atoms with Crippen LogP contribution in [0.5, 0.6) is 5.75 Å². The lowest BCUT2D eigenvalue weighted by atomic mass is 10.0. The second kappa shape index (κ2) is 8.74. The quantitative estimate of drug-likeness (QED) is 0.538.